The number of rotatable bonds is 8. The molecule has 0 spiro atoms. The smallest absolute Gasteiger partial charge is 0.233 e. The lowest BCUT2D eigenvalue weighted by atomic mass is 10.1. The van der Waals surface area contributed by atoms with Gasteiger partial charge in [0.15, 0.2) is 11.0 Å². The summed E-state index contributed by atoms with van der Waals surface area (Å²) in [6.45, 7) is 7.08. The zero-order chi connectivity index (χ0) is 20.8. The summed E-state index contributed by atoms with van der Waals surface area (Å²) in [5.41, 5.74) is 3.37. The molecule has 1 aromatic heterocycles. The highest BCUT2D eigenvalue weighted by Gasteiger charge is 2.20. The maximum atomic E-state index is 12.8. The molecule has 0 fully saturated rings. The third-order valence-electron chi connectivity index (χ3n) is 5.02. The predicted octanol–water partition coefficient (Wildman–Crippen LogP) is 4.98. The summed E-state index contributed by atoms with van der Waals surface area (Å²) in [6.07, 6.45) is 0.976. The molecule has 29 heavy (non-hydrogen) atoms. The number of aromatic nitrogens is 3. The van der Waals surface area contributed by atoms with Gasteiger partial charge in [-0.25, -0.2) is 0 Å². The zero-order valence-electron chi connectivity index (χ0n) is 17.5. The van der Waals surface area contributed by atoms with E-state index in [1.165, 1.54) is 17.3 Å². The van der Waals surface area contributed by atoms with Crippen LogP contribution < -0.4 is 0 Å². The van der Waals surface area contributed by atoms with Crippen LogP contribution in [0.15, 0.2) is 59.8 Å². The second-order valence-electron chi connectivity index (χ2n) is 7.21. The van der Waals surface area contributed by atoms with Crippen molar-refractivity contribution in [2.75, 3.05) is 12.8 Å². The van der Waals surface area contributed by atoms with Crippen molar-refractivity contribution < 1.29 is 4.79 Å². The van der Waals surface area contributed by atoms with Gasteiger partial charge in [0, 0.05) is 19.2 Å². The van der Waals surface area contributed by atoms with Crippen molar-refractivity contribution in [3.05, 3.63) is 65.7 Å². The fraction of sp³-hybridized carbons (Fsp3) is 0.348. The fourth-order valence-corrected chi connectivity index (χ4v) is 4.11. The maximum absolute atomic E-state index is 12.8. The molecule has 0 bridgehead atoms. The molecule has 3 aromatic rings. The van der Waals surface area contributed by atoms with Gasteiger partial charge in [-0.05, 0) is 31.9 Å². The van der Waals surface area contributed by atoms with Gasteiger partial charge in [-0.2, -0.15) is 0 Å². The van der Waals surface area contributed by atoms with Crippen LogP contribution in [0.3, 0.4) is 0 Å². The highest BCUT2D eigenvalue weighted by Crippen LogP contribution is 2.26. The molecule has 6 heteroatoms. The van der Waals surface area contributed by atoms with E-state index in [1.54, 1.807) is 4.90 Å². The molecule has 1 atom stereocenters. The van der Waals surface area contributed by atoms with Crippen LogP contribution in [0.1, 0.15) is 37.4 Å². The molecule has 0 saturated carbocycles. The van der Waals surface area contributed by atoms with Crippen LogP contribution in [0.4, 0.5) is 0 Å². The van der Waals surface area contributed by atoms with Gasteiger partial charge in [-0.1, -0.05) is 72.8 Å². The second kappa shape index (κ2) is 9.74. The van der Waals surface area contributed by atoms with E-state index in [0.717, 1.165) is 35.1 Å². The van der Waals surface area contributed by atoms with Gasteiger partial charge in [0.2, 0.25) is 5.91 Å². The minimum Gasteiger partial charge on any atom is -0.338 e. The molecule has 5 nitrogen and oxygen atoms in total. The first-order valence-corrected chi connectivity index (χ1v) is 10.9. The van der Waals surface area contributed by atoms with Gasteiger partial charge in [-0.15, -0.1) is 10.2 Å². The summed E-state index contributed by atoms with van der Waals surface area (Å²) in [5, 5.41) is 9.59. The first-order valence-electron chi connectivity index (χ1n) is 9.95. The Hall–Kier alpha value is -2.60. The van der Waals surface area contributed by atoms with Gasteiger partial charge in [0.05, 0.1) is 11.8 Å². The van der Waals surface area contributed by atoms with Crippen molar-refractivity contribution in [3.8, 4) is 11.4 Å². The van der Waals surface area contributed by atoms with Crippen LogP contribution >= 0.6 is 11.8 Å². The molecule has 0 aliphatic rings. The lowest BCUT2D eigenvalue weighted by molar-refractivity contribution is -0.128. The molecular weight excluding hydrogens is 380 g/mol. The quantitative estimate of drug-likeness (QED) is 0.494. The predicted molar refractivity (Wildman–Crippen MR) is 119 cm³/mol. The number of hydrogen-bond donors (Lipinski definition) is 0. The number of thioether (sulfide) groups is 1. The summed E-state index contributed by atoms with van der Waals surface area (Å²) >= 11 is 1.45. The van der Waals surface area contributed by atoms with E-state index in [0.29, 0.717) is 5.75 Å². The minimum absolute atomic E-state index is 0.0284. The Bertz CT molecular complexity index is 955. The Balaban J connectivity index is 1.72. The van der Waals surface area contributed by atoms with Crippen LogP contribution in [0.25, 0.3) is 11.4 Å². The summed E-state index contributed by atoms with van der Waals surface area (Å²) < 4.78 is 2.12. The lowest BCUT2D eigenvalue weighted by Gasteiger charge is -2.25. The Morgan fingerprint density at radius 3 is 2.59 bits per heavy atom. The molecule has 0 aliphatic heterocycles. The van der Waals surface area contributed by atoms with E-state index in [-0.39, 0.29) is 11.9 Å². The van der Waals surface area contributed by atoms with Gasteiger partial charge in [-0.3, -0.25) is 4.79 Å². The molecule has 2 aromatic carbocycles. The monoisotopic (exact) mass is 408 g/mol. The molecule has 0 aliphatic carbocycles. The van der Waals surface area contributed by atoms with Crippen LogP contribution in [0.5, 0.6) is 0 Å². The summed E-state index contributed by atoms with van der Waals surface area (Å²) in [5.74, 6) is 1.27. The van der Waals surface area contributed by atoms with E-state index in [1.807, 2.05) is 50.4 Å². The second-order valence-corrected chi connectivity index (χ2v) is 8.15. The molecule has 0 unspecified atom stereocenters. The number of benzene rings is 2. The minimum atomic E-state index is 0.0284. The molecule has 152 valence electrons. The third-order valence-corrected chi connectivity index (χ3v) is 5.97. The Labute approximate surface area is 177 Å². The van der Waals surface area contributed by atoms with Crippen molar-refractivity contribution in [1.82, 2.24) is 19.7 Å². The molecular formula is C23H28N4OS. The van der Waals surface area contributed by atoms with E-state index in [9.17, 15) is 4.79 Å². The van der Waals surface area contributed by atoms with Crippen LogP contribution in [-0.2, 0) is 11.3 Å². The SMILES string of the molecule is CCCn1c(SCC(=O)N(C)[C@H](C)c2ccccc2)nnc1-c1cccc(C)c1. The van der Waals surface area contributed by atoms with Crippen molar-refractivity contribution in [2.24, 2.45) is 0 Å². The molecule has 0 radical (unpaired) electrons. The van der Waals surface area contributed by atoms with E-state index >= 15 is 0 Å². The normalized spacial score (nSPS) is 12.0. The average Bonchev–Trinajstić information content (AvgIpc) is 3.14. The molecule has 1 heterocycles. The van der Waals surface area contributed by atoms with Crippen molar-refractivity contribution in [2.45, 2.75) is 44.9 Å². The number of amides is 1. The van der Waals surface area contributed by atoms with Gasteiger partial charge in [0.1, 0.15) is 0 Å². The zero-order valence-corrected chi connectivity index (χ0v) is 18.3. The van der Waals surface area contributed by atoms with Gasteiger partial charge >= 0.3 is 0 Å². The van der Waals surface area contributed by atoms with E-state index < -0.39 is 0 Å². The first-order chi connectivity index (χ1) is 14.0. The number of carbonyl (C=O) groups is 1. The third kappa shape index (κ3) is 5.07. The first kappa shape index (κ1) is 21.1. The average molecular weight is 409 g/mol. The highest BCUT2D eigenvalue weighted by molar-refractivity contribution is 7.99. The Morgan fingerprint density at radius 1 is 1.14 bits per heavy atom. The molecule has 3 rings (SSSR count). The molecule has 0 N–H and O–H groups in total. The summed E-state index contributed by atoms with van der Waals surface area (Å²) in [4.78, 5) is 14.6. The number of aryl methyl sites for hydroxylation is 1. The highest BCUT2D eigenvalue weighted by atomic mass is 32.2. The van der Waals surface area contributed by atoms with Crippen LogP contribution in [0, 0.1) is 6.92 Å². The molecule has 0 saturated heterocycles. The van der Waals surface area contributed by atoms with Gasteiger partial charge < -0.3 is 9.47 Å². The topological polar surface area (TPSA) is 51.0 Å². The number of hydrogen-bond acceptors (Lipinski definition) is 4. The fourth-order valence-electron chi connectivity index (χ4n) is 3.22. The maximum Gasteiger partial charge on any atom is 0.233 e. The largest absolute Gasteiger partial charge is 0.338 e. The van der Waals surface area contributed by atoms with Crippen LogP contribution in [0.2, 0.25) is 0 Å². The van der Waals surface area contributed by atoms with Crippen molar-refractivity contribution >= 4 is 17.7 Å². The van der Waals surface area contributed by atoms with Gasteiger partial charge in [0.25, 0.3) is 0 Å². The Kier molecular flexibility index (Phi) is 7.09. The summed E-state index contributed by atoms with van der Waals surface area (Å²) in [7, 11) is 1.86. The summed E-state index contributed by atoms with van der Waals surface area (Å²) in [6, 6.07) is 18.4. The number of carbonyl (C=O) groups excluding carboxylic acids is 1. The van der Waals surface area contributed by atoms with Crippen molar-refractivity contribution in [1.29, 1.82) is 0 Å². The van der Waals surface area contributed by atoms with E-state index in [4.69, 9.17) is 0 Å². The Morgan fingerprint density at radius 2 is 1.90 bits per heavy atom. The van der Waals surface area contributed by atoms with Crippen LogP contribution in [-0.4, -0.2) is 38.4 Å². The lowest BCUT2D eigenvalue weighted by Crippen LogP contribution is -2.31. The number of nitrogens with zero attached hydrogens (tertiary/aromatic N) is 4. The molecule has 1 amide bonds. The van der Waals surface area contributed by atoms with E-state index in [2.05, 4.69) is 46.8 Å². The van der Waals surface area contributed by atoms with Crippen molar-refractivity contribution in [3.63, 3.8) is 0 Å². The standard InChI is InChI=1S/C23H28N4OS/c1-5-14-27-22(20-13-9-10-17(2)15-20)24-25-23(27)29-16-21(28)26(4)18(3)19-11-7-6-8-12-19/h6-13,15,18H,5,14,16H2,1-4H3/t18-/m1/s1.